The first-order valence-corrected chi connectivity index (χ1v) is 6.84. The van der Waals surface area contributed by atoms with Crippen molar-refractivity contribution < 1.29 is 24.7 Å². The third-order valence-electron chi connectivity index (χ3n) is 2.86. The van der Waals surface area contributed by atoms with Gasteiger partial charge in [-0.1, -0.05) is 12.1 Å². The van der Waals surface area contributed by atoms with Gasteiger partial charge in [-0.05, 0) is 32.0 Å². The molecule has 1 N–H and O–H groups in total. The van der Waals surface area contributed by atoms with E-state index in [1.54, 1.807) is 0 Å². The van der Waals surface area contributed by atoms with Gasteiger partial charge in [0.25, 0.3) is 0 Å². The maximum Gasteiger partial charge on any atom is 0.139 e. The summed E-state index contributed by atoms with van der Waals surface area (Å²) in [6.45, 7) is -21.4. The summed E-state index contributed by atoms with van der Waals surface area (Å²) in [5, 5.41) is 2.46. The zero-order valence-electron chi connectivity index (χ0n) is 28.8. The minimum atomic E-state index is -3.77. The smallest absolute Gasteiger partial charge is 0.139 e. The Hall–Kier alpha value is -1.85. The third kappa shape index (κ3) is 2.40. The van der Waals surface area contributed by atoms with E-state index < -0.39 is 80.4 Å². The molecule has 2 aliphatic heterocycles. The number of hydrogen-bond acceptors (Lipinski definition) is 5. The van der Waals surface area contributed by atoms with Gasteiger partial charge in [0.1, 0.15) is 10.8 Å². The lowest BCUT2D eigenvalue weighted by molar-refractivity contribution is 0.216. The van der Waals surface area contributed by atoms with Gasteiger partial charge in [0.2, 0.25) is 0 Å². The van der Waals surface area contributed by atoms with Crippen molar-refractivity contribution in [2.75, 3.05) is 38.3 Å². The van der Waals surface area contributed by atoms with Gasteiger partial charge >= 0.3 is 0 Å². The van der Waals surface area contributed by atoms with Crippen LogP contribution in [-0.2, 0) is 0 Å². The number of anilines is 2. The molecule has 0 unspecified atom stereocenters. The van der Waals surface area contributed by atoms with Gasteiger partial charge in [0.15, 0.2) is 0 Å². The topological polar surface area (TPSA) is 30.9 Å². The highest BCUT2D eigenvalue weighted by Gasteiger charge is 2.25. The predicted molar refractivity (Wildman–Crippen MR) is 94.0 cm³/mol. The number of rotatable bonds is 0. The predicted octanol–water partition coefficient (Wildman–Crippen LogP) is 3.44. The zero-order valence-corrected chi connectivity index (χ0v) is 11.6. The minimum absolute atomic E-state index is 0.0743. The molecule has 1 aromatic heterocycles. The van der Waals surface area contributed by atoms with Crippen molar-refractivity contribution in [3.05, 3.63) is 40.7 Å². The first-order chi connectivity index (χ1) is 17.8. The first kappa shape index (κ1) is 4.36. The van der Waals surface area contributed by atoms with Crippen LogP contribution in [0, 0.1) is 6.85 Å². The summed E-state index contributed by atoms with van der Waals surface area (Å²) in [5.41, 5.74) is -1.34. The van der Waals surface area contributed by atoms with Crippen LogP contribution in [0.25, 0.3) is 0 Å². The Morgan fingerprint density at radius 3 is 3.00 bits per heavy atom. The van der Waals surface area contributed by atoms with Crippen LogP contribution in [0.15, 0.2) is 35.2 Å². The van der Waals surface area contributed by atoms with Gasteiger partial charge < -0.3 is 15.1 Å². The number of nitrogens with one attached hydrogen (secondary N) is 1. The van der Waals surface area contributed by atoms with Crippen molar-refractivity contribution in [2.24, 2.45) is 4.99 Å². The lowest BCUT2D eigenvalue weighted by Crippen LogP contribution is -2.47. The molecule has 0 spiro atoms. The number of piperazine rings is 1. The number of benzene rings is 1. The highest BCUT2D eigenvalue weighted by molar-refractivity contribution is 7.16. The molecular formula is C17H20N4S. The molecule has 1 fully saturated rings. The molecule has 3 heterocycles. The number of thiophene rings is 1. The van der Waals surface area contributed by atoms with Gasteiger partial charge in [0.05, 0.1) is 27.9 Å². The van der Waals surface area contributed by atoms with Crippen LogP contribution in [0.4, 0.5) is 16.4 Å². The standard InChI is InChI=1S/C17H20N4S/c1-12-11-13-16(21-9-7-20(2)8-10-21)18-14-5-3-4-6-15(14)19-17(13)22-12/h3-6,11,19H,7-10H2,1-2H3/i1D3,2D3,3D,4D,5D,6D,7D2,8D2,9D2,10D2. The third-order valence-corrected chi connectivity index (χ3v) is 3.72. The van der Waals surface area contributed by atoms with E-state index >= 15 is 0 Å². The fraction of sp³-hybridized carbons (Fsp3) is 0.353. The lowest BCUT2D eigenvalue weighted by atomic mass is 10.2. The molecule has 0 radical (unpaired) electrons. The van der Waals surface area contributed by atoms with E-state index in [-0.39, 0.29) is 26.0 Å². The number of nitrogens with zero attached hydrogens (tertiary/aromatic N) is 3. The first-order valence-electron chi connectivity index (χ1n) is 15.0. The number of fused-ring (bicyclic) bond motifs is 2. The quantitative estimate of drug-likeness (QED) is 0.803. The van der Waals surface area contributed by atoms with Crippen LogP contribution in [0.5, 0.6) is 0 Å². The summed E-state index contributed by atoms with van der Waals surface area (Å²) in [6, 6.07) is -1.94. The Balaban J connectivity index is 2.15. The fourth-order valence-corrected chi connectivity index (χ4v) is 2.75. The van der Waals surface area contributed by atoms with Crippen LogP contribution in [-0.4, -0.2) is 48.6 Å². The Labute approximate surface area is 160 Å². The van der Waals surface area contributed by atoms with E-state index in [1.165, 1.54) is 0 Å². The van der Waals surface area contributed by atoms with Crippen molar-refractivity contribution >= 4 is 33.5 Å². The van der Waals surface area contributed by atoms with Crippen molar-refractivity contribution in [3.8, 4) is 0 Å². The Kier molecular flexibility index (Phi) is 1.07. The summed E-state index contributed by atoms with van der Waals surface area (Å²) < 4.78 is 147. The Morgan fingerprint density at radius 2 is 2.18 bits per heavy atom. The van der Waals surface area contributed by atoms with Crippen LogP contribution in [0.2, 0.25) is 0 Å². The van der Waals surface area contributed by atoms with E-state index in [1.807, 2.05) is 0 Å². The summed E-state index contributed by atoms with van der Waals surface area (Å²) in [6.07, 6.45) is 0. The molecule has 0 bridgehead atoms. The summed E-state index contributed by atoms with van der Waals surface area (Å²) in [4.78, 5) is 3.15. The van der Waals surface area contributed by atoms with Gasteiger partial charge in [0, 0.05) is 44.6 Å². The molecule has 2 aromatic rings. The van der Waals surface area contributed by atoms with Crippen LogP contribution in [0.3, 0.4) is 0 Å². The molecule has 0 amide bonds. The van der Waals surface area contributed by atoms with Gasteiger partial charge in [-0.2, -0.15) is 0 Å². The van der Waals surface area contributed by atoms with E-state index in [4.69, 9.17) is 24.7 Å². The number of aryl methyl sites for hydroxylation is 1. The van der Waals surface area contributed by atoms with Crippen molar-refractivity contribution in [3.63, 3.8) is 0 Å². The molecule has 22 heavy (non-hydrogen) atoms. The van der Waals surface area contributed by atoms with Gasteiger partial charge in [-0.3, -0.25) is 0 Å². The maximum atomic E-state index is 8.62. The SMILES string of the molecule is [2H]c1c([2H])c([2H])c2c(c1[2H])N=C(N1C([2H])([2H])C([2H])([2H])N(C([2H])([2H])[2H])C([2H])([2H])C1([2H])[2H])c1cc(C([2H])([2H])[2H])sc1N2. The molecule has 0 aliphatic carbocycles. The van der Waals surface area contributed by atoms with Gasteiger partial charge in [-0.15, -0.1) is 11.3 Å². The summed E-state index contributed by atoms with van der Waals surface area (Å²) >= 11 is 0.550. The van der Waals surface area contributed by atoms with Crippen LogP contribution < -0.4 is 5.32 Å². The second-order valence-electron chi connectivity index (χ2n) is 4.26. The average Bonchev–Trinajstić information content (AvgIpc) is 3.13. The monoisotopic (exact) mass is 330 g/mol. The molecular weight excluding hydrogens is 292 g/mol. The van der Waals surface area contributed by atoms with Crippen LogP contribution in [0.1, 0.15) is 35.1 Å². The van der Waals surface area contributed by atoms with Crippen LogP contribution >= 0.6 is 11.3 Å². The highest BCUT2D eigenvalue weighted by Crippen LogP contribution is 2.39. The summed E-state index contributed by atoms with van der Waals surface area (Å²) in [5.74, 6) is -0.925. The Bertz CT molecular complexity index is 1390. The number of hydrogen-bond donors (Lipinski definition) is 1. The molecule has 1 saturated heterocycles. The molecule has 2 aliphatic rings. The largest absolute Gasteiger partial charge is 0.353 e. The number of amidine groups is 1. The Morgan fingerprint density at radius 1 is 1.32 bits per heavy atom. The fourth-order valence-electron chi connectivity index (χ4n) is 1.94. The molecule has 0 saturated carbocycles. The van der Waals surface area contributed by atoms with E-state index in [0.29, 0.717) is 11.3 Å². The number of para-hydroxylation sites is 2. The highest BCUT2D eigenvalue weighted by atomic mass is 32.1. The van der Waals surface area contributed by atoms with Gasteiger partial charge in [-0.25, -0.2) is 4.99 Å². The van der Waals surface area contributed by atoms with Crippen molar-refractivity contribution in [2.45, 2.75) is 6.85 Å². The molecule has 5 heteroatoms. The number of likely N-dealkylation sites (N-methyl/N-ethyl adjacent to an activating group) is 1. The normalized spacial score (nSPS) is 40.4. The zero-order chi connectivity index (χ0) is 30.8. The van der Waals surface area contributed by atoms with E-state index in [0.717, 1.165) is 6.07 Å². The minimum Gasteiger partial charge on any atom is -0.353 e. The second-order valence-corrected chi connectivity index (χ2v) is 5.31. The lowest BCUT2D eigenvalue weighted by Gasteiger charge is -2.34. The molecule has 0 atom stereocenters. The van der Waals surface area contributed by atoms with E-state index in [2.05, 4.69) is 10.3 Å². The molecule has 1 aromatic carbocycles. The molecule has 4 rings (SSSR count). The number of aliphatic imine (C=N–C) groups is 1. The summed E-state index contributed by atoms with van der Waals surface area (Å²) in [7, 11) is 0. The second kappa shape index (κ2) is 5.41. The molecule has 114 valence electrons. The van der Waals surface area contributed by atoms with E-state index in [9.17, 15) is 0 Å². The van der Waals surface area contributed by atoms with Crippen molar-refractivity contribution in [1.29, 1.82) is 0 Å². The average molecular weight is 331 g/mol. The maximum absolute atomic E-state index is 8.62. The molecule has 4 nitrogen and oxygen atoms in total. The van der Waals surface area contributed by atoms with Crippen molar-refractivity contribution in [1.82, 2.24) is 9.80 Å².